The van der Waals surface area contributed by atoms with Crippen LogP contribution < -0.4 is 9.64 Å². The summed E-state index contributed by atoms with van der Waals surface area (Å²) in [6.07, 6.45) is 11.3. The maximum Gasteiger partial charge on any atom is 0.348 e. The molecule has 232 valence electrons. The monoisotopic (exact) mass is 605 g/mol. The molecule has 7 nitrogen and oxygen atoms in total. The molecule has 0 aromatic carbocycles. The number of carbonyl (C=O) groups excluding carboxylic acids is 1. The number of amides is 1. The van der Waals surface area contributed by atoms with Gasteiger partial charge in [0.15, 0.2) is 0 Å². The topological polar surface area (TPSA) is 83.0 Å². The Bertz CT molecular complexity index is 1330. The molecular weight excluding hydrogens is 558 g/mol. The van der Waals surface area contributed by atoms with Gasteiger partial charge < -0.3 is 14.7 Å². The first-order valence-electron chi connectivity index (χ1n) is 16.1. The zero-order valence-corrected chi connectivity index (χ0v) is 27.0. The SMILES string of the molecule is CC(C)(C)C#Cc1cc(N(C(=O)[C@H]2CC[C@H](C)CC2)[C@H]2CC[C@H](Oc3cc(CN4CCCC4)ccn3)CC2)c(C(=O)O)s1. The summed E-state index contributed by atoms with van der Waals surface area (Å²) in [7, 11) is 0. The van der Waals surface area contributed by atoms with Crippen LogP contribution in [0.2, 0.25) is 0 Å². The van der Waals surface area contributed by atoms with Crippen molar-refractivity contribution in [2.75, 3.05) is 18.0 Å². The number of carboxylic acids is 1. The van der Waals surface area contributed by atoms with Crippen LogP contribution >= 0.6 is 11.3 Å². The second-order valence-electron chi connectivity index (χ2n) is 13.8. The third-order valence-electron chi connectivity index (χ3n) is 9.03. The van der Waals surface area contributed by atoms with Gasteiger partial charge in [0.2, 0.25) is 11.8 Å². The summed E-state index contributed by atoms with van der Waals surface area (Å²) in [6.45, 7) is 11.6. The summed E-state index contributed by atoms with van der Waals surface area (Å²) in [5.41, 5.74) is 1.53. The molecule has 3 heterocycles. The molecule has 5 rings (SSSR count). The normalized spacial score (nSPS) is 24.7. The van der Waals surface area contributed by atoms with Crippen LogP contribution in [0.5, 0.6) is 5.88 Å². The summed E-state index contributed by atoms with van der Waals surface area (Å²) in [6, 6.07) is 5.90. The van der Waals surface area contributed by atoms with E-state index in [0.717, 1.165) is 71.0 Å². The predicted molar refractivity (Wildman–Crippen MR) is 172 cm³/mol. The third-order valence-corrected chi connectivity index (χ3v) is 10.1. The average molecular weight is 606 g/mol. The maximum absolute atomic E-state index is 14.2. The van der Waals surface area contributed by atoms with Crippen molar-refractivity contribution in [1.29, 1.82) is 0 Å². The lowest BCUT2D eigenvalue weighted by atomic mass is 9.81. The first-order valence-corrected chi connectivity index (χ1v) is 16.9. The van der Waals surface area contributed by atoms with E-state index in [1.54, 1.807) is 0 Å². The molecule has 1 amide bonds. The van der Waals surface area contributed by atoms with Gasteiger partial charge in [-0.2, -0.15) is 0 Å². The van der Waals surface area contributed by atoms with Gasteiger partial charge in [0.05, 0.1) is 10.6 Å². The lowest BCUT2D eigenvalue weighted by Crippen LogP contribution is -2.47. The summed E-state index contributed by atoms with van der Waals surface area (Å²) in [4.78, 5) is 36.4. The van der Waals surface area contributed by atoms with Crippen molar-refractivity contribution < 1.29 is 19.4 Å². The number of hydrogen-bond donors (Lipinski definition) is 1. The van der Waals surface area contributed by atoms with E-state index < -0.39 is 5.97 Å². The smallest absolute Gasteiger partial charge is 0.348 e. The molecule has 2 aliphatic carbocycles. The number of pyridine rings is 1. The van der Waals surface area contributed by atoms with Gasteiger partial charge in [0.25, 0.3) is 0 Å². The molecule has 8 heteroatoms. The first-order chi connectivity index (χ1) is 20.6. The van der Waals surface area contributed by atoms with Crippen molar-refractivity contribution in [3.63, 3.8) is 0 Å². The highest BCUT2D eigenvalue weighted by Gasteiger charge is 2.38. The van der Waals surface area contributed by atoms with E-state index in [2.05, 4.69) is 40.8 Å². The fourth-order valence-corrected chi connectivity index (χ4v) is 7.47. The first kappa shape index (κ1) is 31.5. The Balaban J connectivity index is 1.33. The highest BCUT2D eigenvalue weighted by molar-refractivity contribution is 7.15. The van der Waals surface area contributed by atoms with Crippen LogP contribution in [0.4, 0.5) is 5.69 Å². The van der Waals surface area contributed by atoms with E-state index in [4.69, 9.17) is 4.74 Å². The molecule has 3 fully saturated rings. The van der Waals surface area contributed by atoms with E-state index in [-0.39, 0.29) is 34.3 Å². The molecule has 43 heavy (non-hydrogen) atoms. The average Bonchev–Trinajstić information content (AvgIpc) is 3.64. The van der Waals surface area contributed by atoms with Crippen LogP contribution in [0, 0.1) is 29.1 Å². The molecule has 0 bridgehead atoms. The minimum absolute atomic E-state index is 0.0212. The van der Waals surface area contributed by atoms with Crippen LogP contribution in [0.1, 0.15) is 112 Å². The molecule has 3 aliphatic rings. The van der Waals surface area contributed by atoms with Crippen LogP contribution in [-0.2, 0) is 11.3 Å². The Morgan fingerprint density at radius 1 is 1.07 bits per heavy atom. The molecule has 1 saturated heterocycles. The lowest BCUT2D eigenvalue weighted by molar-refractivity contribution is -0.124. The van der Waals surface area contributed by atoms with Gasteiger partial charge in [-0.15, -0.1) is 11.3 Å². The predicted octanol–water partition coefficient (Wildman–Crippen LogP) is 7.38. The van der Waals surface area contributed by atoms with Gasteiger partial charge in [-0.05, 0) is 122 Å². The van der Waals surface area contributed by atoms with E-state index in [1.807, 2.05) is 37.9 Å². The van der Waals surface area contributed by atoms with Crippen molar-refractivity contribution in [1.82, 2.24) is 9.88 Å². The highest BCUT2D eigenvalue weighted by Crippen LogP contribution is 2.39. The Morgan fingerprint density at radius 2 is 1.77 bits per heavy atom. The van der Waals surface area contributed by atoms with Gasteiger partial charge >= 0.3 is 5.97 Å². The fraction of sp³-hybridized carbons (Fsp3) is 0.629. The molecule has 2 aromatic rings. The number of carboxylic acid groups (broad SMARTS) is 1. The van der Waals surface area contributed by atoms with Crippen LogP contribution in [0.3, 0.4) is 0 Å². The Hall–Kier alpha value is -2.89. The second-order valence-corrected chi connectivity index (χ2v) is 14.9. The number of anilines is 1. The minimum Gasteiger partial charge on any atom is -0.477 e. The summed E-state index contributed by atoms with van der Waals surface area (Å²) < 4.78 is 6.37. The quantitative estimate of drug-likeness (QED) is 0.316. The Labute approximate surface area is 261 Å². The van der Waals surface area contributed by atoms with Gasteiger partial charge in [-0.25, -0.2) is 9.78 Å². The Morgan fingerprint density at radius 3 is 2.42 bits per heavy atom. The summed E-state index contributed by atoms with van der Waals surface area (Å²) >= 11 is 1.18. The molecule has 0 atom stereocenters. The second kappa shape index (κ2) is 13.8. The minimum atomic E-state index is -1.00. The van der Waals surface area contributed by atoms with Crippen LogP contribution in [0.15, 0.2) is 24.4 Å². The number of rotatable bonds is 8. The molecule has 0 spiro atoms. The van der Waals surface area contributed by atoms with E-state index in [1.165, 1.54) is 29.7 Å². The number of aromatic carboxylic acids is 1. The lowest BCUT2D eigenvalue weighted by Gasteiger charge is -2.39. The number of hydrogen-bond acceptors (Lipinski definition) is 6. The molecule has 2 saturated carbocycles. The van der Waals surface area contributed by atoms with Crippen molar-refractivity contribution in [3.05, 3.63) is 39.7 Å². The van der Waals surface area contributed by atoms with Crippen molar-refractivity contribution >= 4 is 28.9 Å². The van der Waals surface area contributed by atoms with E-state index >= 15 is 0 Å². The van der Waals surface area contributed by atoms with Gasteiger partial charge in [-0.3, -0.25) is 9.69 Å². The van der Waals surface area contributed by atoms with Crippen LogP contribution in [-0.4, -0.2) is 52.1 Å². The molecule has 0 unspecified atom stereocenters. The van der Waals surface area contributed by atoms with Crippen LogP contribution in [0.25, 0.3) is 0 Å². The molecule has 1 aliphatic heterocycles. The van der Waals surface area contributed by atoms with Gasteiger partial charge in [0, 0.05) is 36.2 Å². The summed E-state index contributed by atoms with van der Waals surface area (Å²) in [5.74, 6) is 6.70. The third kappa shape index (κ3) is 8.39. The Kier molecular flexibility index (Phi) is 10.1. The number of likely N-dealkylation sites (tertiary alicyclic amines) is 1. The number of carbonyl (C=O) groups is 2. The fourth-order valence-electron chi connectivity index (χ4n) is 6.63. The van der Waals surface area contributed by atoms with Crippen molar-refractivity contribution in [3.8, 4) is 17.7 Å². The highest BCUT2D eigenvalue weighted by atomic mass is 32.1. The van der Waals surface area contributed by atoms with E-state index in [0.29, 0.717) is 22.4 Å². The number of aromatic nitrogens is 1. The van der Waals surface area contributed by atoms with Gasteiger partial charge in [0.1, 0.15) is 11.0 Å². The zero-order chi connectivity index (χ0) is 30.6. The molecule has 1 N–H and O–H groups in total. The number of thiophene rings is 1. The largest absolute Gasteiger partial charge is 0.477 e. The zero-order valence-electron chi connectivity index (χ0n) is 26.2. The maximum atomic E-state index is 14.2. The standard InChI is InChI=1S/C35H47N3O4S/c1-24-7-9-26(10-8-24)33(39)38(30-22-29(15-17-35(2,3)4)43-32(30)34(40)41)27-11-13-28(14-12-27)42-31-21-25(16-18-36-31)23-37-19-5-6-20-37/h16,18,21-22,24,26-28H,5-14,19-20,23H2,1-4H3,(H,40,41)/t24-,26-,27-,28-. The van der Waals surface area contributed by atoms with E-state index in [9.17, 15) is 14.7 Å². The molecule has 0 radical (unpaired) electrons. The number of nitrogens with zero attached hydrogens (tertiary/aromatic N) is 3. The van der Waals surface area contributed by atoms with Crippen molar-refractivity contribution in [2.24, 2.45) is 17.3 Å². The number of ether oxygens (including phenoxy) is 1. The van der Waals surface area contributed by atoms with Gasteiger partial charge in [-0.1, -0.05) is 18.8 Å². The molecular formula is C35H47N3O4S. The molecule has 2 aromatic heterocycles. The van der Waals surface area contributed by atoms with Crippen molar-refractivity contribution in [2.45, 2.75) is 111 Å². The summed E-state index contributed by atoms with van der Waals surface area (Å²) in [5, 5.41) is 10.2.